The first-order valence-electron chi connectivity index (χ1n) is 8.30. The van der Waals surface area contributed by atoms with Crippen molar-refractivity contribution in [3.05, 3.63) is 12.7 Å². The molecule has 2 bridgehead atoms. The summed E-state index contributed by atoms with van der Waals surface area (Å²) in [6, 6.07) is 0. The number of rotatable bonds is 4. The highest BCUT2D eigenvalue weighted by Crippen LogP contribution is 2.63. The first-order valence-corrected chi connectivity index (χ1v) is 8.30. The van der Waals surface area contributed by atoms with Crippen molar-refractivity contribution in [1.29, 1.82) is 0 Å². The predicted octanol–water partition coefficient (Wildman–Crippen LogP) is 4.35. The average Bonchev–Trinajstić information content (AvgIpc) is 3.09. The molecule has 3 saturated carbocycles. The molecule has 3 rings (SSSR count). The lowest BCUT2D eigenvalue weighted by atomic mass is 9.72. The molecule has 3 fully saturated rings. The molecule has 0 aromatic rings. The quantitative estimate of drug-likeness (QED) is 0.564. The molecular formula is C18H28O2. The summed E-state index contributed by atoms with van der Waals surface area (Å²) in [6.45, 7) is 10.1. The van der Waals surface area contributed by atoms with Gasteiger partial charge in [0.2, 0.25) is 0 Å². The van der Waals surface area contributed by atoms with Crippen LogP contribution in [0.15, 0.2) is 12.7 Å². The van der Waals surface area contributed by atoms with Crippen molar-refractivity contribution in [2.24, 2.45) is 29.1 Å². The second-order valence-corrected chi connectivity index (χ2v) is 7.85. The highest BCUT2D eigenvalue weighted by Gasteiger charge is 2.62. The highest BCUT2D eigenvalue weighted by molar-refractivity contribution is 5.76. The maximum Gasteiger partial charge on any atom is 0.312 e. The van der Waals surface area contributed by atoms with Gasteiger partial charge in [-0.25, -0.2) is 0 Å². The zero-order valence-electron chi connectivity index (χ0n) is 13.2. The lowest BCUT2D eigenvalue weighted by Gasteiger charge is -2.41. The SMILES string of the molecule is C=CC1(OC(=O)C(C)(C)CC)CC2CC1C1CCCC21. The van der Waals surface area contributed by atoms with Gasteiger partial charge in [-0.1, -0.05) is 19.9 Å². The van der Waals surface area contributed by atoms with Crippen LogP contribution in [0.25, 0.3) is 0 Å². The standard InChI is InChI=1S/C18H28O2/c1-5-17(3,4)16(19)20-18(6-2)11-12-10-15(18)14-9-7-8-13(12)14/h6,12-15H,2,5,7-11H2,1,3-4H3. The second-order valence-electron chi connectivity index (χ2n) is 7.85. The molecule has 5 unspecified atom stereocenters. The number of hydrogen-bond donors (Lipinski definition) is 0. The third-order valence-corrected chi connectivity index (χ3v) is 6.58. The van der Waals surface area contributed by atoms with Crippen LogP contribution >= 0.6 is 0 Å². The van der Waals surface area contributed by atoms with Gasteiger partial charge in [-0.2, -0.15) is 0 Å². The number of fused-ring (bicyclic) bond motifs is 5. The Morgan fingerprint density at radius 2 is 2.10 bits per heavy atom. The van der Waals surface area contributed by atoms with Gasteiger partial charge in [-0.05, 0) is 69.8 Å². The molecule has 0 saturated heterocycles. The number of esters is 1. The van der Waals surface area contributed by atoms with Crippen LogP contribution in [-0.2, 0) is 9.53 Å². The molecule has 0 aromatic heterocycles. The Hall–Kier alpha value is -0.790. The lowest BCUT2D eigenvalue weighted by molar-refractivity contribution is -0.173. The molecule has 0 amide bonds. The zero-order chi connectivity index (χ0) is 14.5. The van der Waals surface area contributed by atoms with Gasteiger partial charge in [0, 0.05) is 5.92 Å². The summed E-state index contributed by atoms with van der Waals surface area (Å²) in [6.07, 6.45) is 9.14. The van der Waals surface area contributed by atoms with E-state index in [0.717, 1.165) is 30.6 Å². The van der Waals surface area contributed by atoms with Crippen LogP contribution in [0, 0.1) is 29.1 Å². The monoisotopic (exact) mass is 276 g/mol. The van der Waals surface area contributed by atoms with Crippen LogP contribution in [-0.4, -0.2) is 11.6 Å². The molecule has 2 heteroatoms. The summed E-state index contributed by atoms with van der Waals surface area (Å²) in [5.74, 6) is 2.95. The minimum atomic E-state index is -0.382. The van der Waals surface area contributed by atoms with Crippen molar-refractivity contribution < 1.29 is 9.53 Å². The molecule has 2 nitrogen and oxygen atoms in total. The Labute approximate surface area is 123 Å². The molecule has 5 atom stereocenters. The summed E-state index contributed by atoms with van der Waals surface area (Å²) >= 11 is 0. The van der Waals surface area contributed by atoms with Crippen molar-refractivity contribution in [3.63, 3.8) is 0 Å². The van der Waals surface area contributed by atoms with Crippen molar-refractivity contribution >= 4 is 5.97 Å². The lowest BCUT2D eigenvalue weighted by Crippen LogP contribution is -2.46. The van der Waals surface area contributed by atoms with Crippen molar-refractivity contribution in [1.82, 2.24) is 0 Å². The molecule has 20 heavy (non-hydrogen) atoms. The Balaban J connectivity index is 1.80. The van der Waals surface area contributed by atoms with Crippen LogP contribution in [0.3, 0.4) is 0 Å². The van der Waals surface area contributed by atoms with Gasteiger partial charge in [0.1, 0.15) is 5.60 Å². The molecule has 0 heterocycles. The predicted molar refractivity (Wildman–Crippen MR) is 80.1 cm³/mol. The van der Waals surface area contributed by atoms with E-state index in [1.165, 1.54) is 25.7 Å². The van der Waals surface area contributed by atoms with E-state index in [0.29, 0.717) is 5.92 Å². The van der Waals surface area contributed by atoms with Gasteiger partial charge in [0.25, 0.3) is 0 Å². The Morgan fingerprint density at radius 3 is 2.75 bits per heavy atom. The van der Waals surface area contributed by atoms with Gasteiger partial charge in [-0.15, -0.1) is 0 Å². The molecule has 0 aliphatic heterocycles. The van der Waals surface area contributed by atoms with E-state index in [-0.39, 0.29) is 17.0 Å². The smallest absolute Gasteiger partial charge is 0.312 e. The molecule has 3 aliphatic carbocycles. The van der Waals surface area contributed by atoms with E-state index in [1.807, 2.05) is 19.9 Å². The van der Waals surface area contributed by atoms with Gasteiger partial charge in [-0.3, -0.25) is 4.79 Å². The van der Waals surface area contributed by atoms with Crippen molar-refractivity contribution in [2.45, 2.75) is 64.9 Å². The second kappa shape index (κ2) is 4.61. The fourth-order valence-corrected chi connectivity index (χ4v) is 4.98. The van der Waals surface area contributed by atoms with Crippen LogP contribution in [0.4, 0.5) is 0 Å². The van der Waals surface area contributed by atoms with Crippen molar-refractivity contribution in [2.75, 3.05) is 0 Å². The molecular weight excluding hydrogens is 248 g/mol. The summed E-state index contributed by atoms with van der Waals surface area (Å²) in [5.41, 5.74) is -0.743. The topological polar surface area (TPSA) is 26.3 Å². The third-order valence-electron chi connectivity index (χ3n) is 6.58. The fourth-order valence-electron chi connectivity index (χ4n) is 4.98. The maximum absolute atomic E-state index is 12.5. The van der Waals surface area contributed by atoms with E-state index in [9.17, 15) is 4.79 Å². The van der Waals surface area contributed by atoms with Gasteiger partial charge in [0.15, 0.2) is 0 Å². The van der Waals surface area contributed by atoms with Crippen LogP contribution in [0.1, 0.15) is 59.3 Å². The van der Waals surface area contributed by atoms with Gasteiger partial charge >= 0.3 is 5.97 Å². The van der Waals surface area contributed by atoms with Crippen LogP contribution in [0.5, 0.6) is 0 Å². The first-order chi connectivity index (χ1) is 9.43. The average molecular weight is 276 g/mol. The van der Waals surface area contributed by atoms with E-state index in [4.69, 9.17) is 4.74 Å². The summed E-state index contributed by atoms with van der Waals surface area (Å²) in [7, 11) is 0. The Morgan fingerprint density at radius 1 is 1.40 bits per heavy atom. The molecule has 0 radical (unpaired) electrons. The van der Waals surface area contributed by atoms with E-state index in [1.54, 1.807) is 0 Å². The summed E-state index contributed by atoms with van der Waals surface area (Å²) in [4.78, 5) is 12.5. The molecule has 0 spiro atoms. The van der Waals surface area contributed by atoms with E-state index >= 15 is 0 Å². The zero-order valence-corrected chi connectivity index (χ0v) is 13.2. The number of carbonyl (C=O) groups is 1. The third kappa shape index (κ3) is 1.87. The molecule has 112 valence electrons. The largest absolute Gasteiger partial charge is 0.454 e. The van der Waals surface area contributed by atoms with Crippen LogP contribution < -0.4 is 0 Å². The van der Waals surface area contributed by atoms with Gasteiger partial charge in [0.05, 0.1) is 5.41 Å². The van der Waals surface area contributed by atoms with Crippen LogP contribution in [0.2, 0.25) is 0 Å². The molecule has 3 aliphatic rings. The van der Waals surface area contributed by atoms with E-state index in [2.05, 4.69) is 13.5 Å². The Bertz CT molecular complexity index is 425. The summed E-state index contributed by atoms with van der Waals surface area (Å²) < 4.78 is 6.09. The fraction of sp³-hybridized carbons (Fsp3) is 0.833. The normalized spacial score (nSPS) is 42.5. The highest BCUT2D eigenvalue weighted by atomic mass is 16.6. The number of carbonyl (C=O) groups excluding carboxylic acids is 1. The minimum absolute atomic E-state index is 0.0398. The van der Waals surface area contributed by atoms with Gasteiger partial charge < -0.3 is 4.74 Å². The number of hydrogen-bond acceptors (Lipinski definition) is 2. The van der Waals surface area contributed by atoms with E-state index < -0.39 is 0 Å². The maximum atomic E-state index is 12.5. The molecule has 0 N–H and O–H groups in total. The Kier molecular flexibility index (Phi) is 3.26. The molecule has 0 aromatic carbocycles. The number of ether oxygens (including phenoxy) is 1. The minimum Gasteiger partial charge on any atom is -0.454 e. The first kappa shape index (κ1) is 14.2. The van der Waals surface area contributed by atoms with Crippen molar-refractivity contribution in [3.8, 4) is 0 Å². The summed E-state index contributed by atoms with van der Waals surface area (Å²) in [5, 5.41) is 0.